The van der Waals surface area contributed by atoms with E-state index in [9.17, 15) is 14.4 Å². The molecule has 4 rings (SSSR count). The molecular weight excluding hydrogens is 398 g/mol. The van der Waals surface area contributed by atoms with E-state index >= 15 is 0 Å². The maximum absolute atomic E-state index is 12.4. The Balaban J connectivity index is 1.33. The van der Waals surface area contributed by atoms with Gasteiger partial charge in [0.05, 0.1) is 18.7 Å². The Morgan fingerprint density at radius 3 is 2.37 bits per heavy atom. The quantitative estimate of drug-likeness (QED) is 0.614. The minimum Gasteiger partial charge on any atom is -0.326 e. The number of hydrogen-bond donors (Lipinski definition) is 1. The molecule has 0 spiro atoms. The van der Waals surface area contributed by atoms with Gasteiger partial charge >= 0.3 is 0 Å². The number of benzene rings is 2. The van der Waals surface area contributed by atoms with E-state index in [-0.39, 0.29) is 43.5 Å². The first kappa shape index (κ1) is 20.0. The van der Waals surface area contributed by atoms with Crippen molar-refractivity contribution in [2.75, 3.05) is 5.32 Å². The summed E-state index contributed by atoms with van der Waals surface area (Å²) in [6.07, 6.45) is 0.769. The second kappa shape index (κ2) is 8.59. The van der Waals surface area contributed by atoms with Gasteiger partial charge in [-0.15, -0.1) is 11.3 Å². The van der Waals surface area contributed by atoms with Crippen LogP contribution >= 0.6 is 11.3 Å². The predicted molar refractivity (Wildman–Crippen MR) is 116 cm³/mol. The number of likely N-dealkylation sites (tertiary alicyclic amines) is 1. The number of imide groups is 1. The highest BCUT2D eigenvalue weighted by atomic mass is 32.1. The zero-order valence-electron chi connectivity index (χ0n) is 16.6. The van der Waals surface area contributed by atoms with Gasteiger partial charge in [0.15, 0.2) is 0 Å². The van der Waals surface area contributed by atoms with Crippen molar-refractivity contribution in [2.24, 2.45) is 0 Å². The van der Waals surface area contributed by atoms with Gasteiger partial charge in [-0.25, -0.2) is 4.98 Å². The standard InChI is InChI=1S/C23H21N3O3S/c1-15-2-6-17(7-3-15)23-25-19(14-30-23)12-20(27)24-18-8-4-16(5-9-18)13-26-21(28)10-11-22(26)29/h2-9,14H,10-13H2,1H3,(H,24,27). The van der Waals surface area contributed by atoms with E-state index in [0.717, 1.165) is 21.8 Å². The van der Waals surface area contributed by atoms with E-state index in [4.69, 9.17) is 0 Å². The molecule has 0 radical (unpaired) electrons. The first-order valence-corrected chi connectivity index (χ1v) is 10.6. The fourth-order valence-electron chi connectivity index (χ4n) is 3.26. The van der Waals surface area contributed by atoms with Gasteiger partial charge in [-0.1, -0.05) is 42.0 Å². The Labute approximate surface area is 178 Å². The average molecular weight is 420 g/mol. The summed E-state index contributed by atoms with van der Waals surface area (Å²) in [4.78, 5) is 41.7. The third-order valence-electron chi connectivity index (χ3n) is 4.93. The molecule has 0 bridgehead atoms. The molecule has 30 heavy (non-hydrogen) atoms. The molecule has 1 aliphatic heterocycles. The molecular formula is C23H21N3O3S. The number of aryl methyl sites for hydroxylation is 1. The third-order valence-corrected chi connectivity index (χ3v) is 5.87. The van der Waals surface area contributed by atoms with Crippen molar-refractivity contribution in [3.63, 3.8) is 0 Å². The van der Waals surface area contributed by atoms with Gasteiger partial charge in [0, 0.05) is 29.5 Å². The van der Waals surface area contributed by atoms with Crippen LogP contribution in [0.1, 0.15) is 29.7 Å². The fraction of sp³-hybridized carbons (Fsp3) is 0.217. The van der Waals surface area contributed by atoms with Crippen molar-refractivity contribution in [2.45, 2.75) is 32.7 Å². The highest BCUT2D eigenvalue weighted by Gasteiger charge is 2.28. The number of nitrogens with zero attached hydrogens (tertiary/aromatic N) is 2. The summed E-state index contributed by atoms with van der Waals surface area (Å²) in [5.41, 5.74) is 4.48. The number of aromatic nitrogens is 1. The van der Waals surface area contributed by atoms with Crippen molar-refractivity contribution >= 4 is 34.7 Å². The molecule has 1 aromatic heterocycles. The number of nitrogens with one attached hydrogen (secondary N) is 1. The Morgan fingerprint density at radius 1 is 1.03 bits per heavy atom. The van der Waals surface area contributed by atoms with Gasteiger partial charge in [-0.05, 0) is 24.6 Å². The summed E-state index contributed by atoms with van der Waals surface area (Å²) in [6, 6.07) is 15.3. The molecule has 0 aliphatic carbocycles. The monoisotopic (exact) mass is 419 g/mol. The Morgan fingerprint density at radius 2 is 1.70 bits per heavy atom. The van der Waals surface area contributed by atoms with Gasteiger partial charge in [0.2, 0.25) is 17.7 Å². The lowest BCUT2D eigenvalue weighted by Gasteiger charge is -2.14. The lowest BCUT2D eigenvalue weighted by Crippen LogP contribution is -2.28. The number of carbonyl (C=O) groups is 3. The van der Waals surface area contributed by atoms with E-state index in [2.05, 4.69) is 10.3 Å². The van der Waals surface area contributed by atoms with Gasteiger partial charge in [-0.3, -0.25) is 19.3 Å². The number of rotatable bonds is 6. The Kier molecular flexibility index (Phi) is 5.72. The van der Waals surface area contributed by atoms with E-state index in [0.29, 0.717) is 5.69 Å². The van der Waals surface area contributed by atoms with Crippen LogP contribution in [-0.4, -0.2) is 27.6 Å². The SMILES string of the molecule is Cc1ccc(-c2nc(CC(=O)Nc3ccc(CN4C(=O)CCC4=O)cc3)cs2)cc1. The largest absolute Gasteiger partial charge is 0.326 e. The summed E-state index contributed by atoms with van der Waals surface area (Å²) < 4.78 is 0. The first-order valence-electron chi connectivity index (χ1n) is 9.71. The van der Waals surface area contributed by atoms with Crippen molar-refractivity contribution in [3.05, 3.63) is 70.7 Å². The van der Waals surface area contributed by atoms with Crippen molar-refractivity contribution in [1.82, 2.24) is 9.88 Å². The second-order valence-electron chi connectivity index (χ2n) is 7.31. The molecule has 1 N–H and O–H groups in total. The topological polar surface area (TPSA) is 79.4 Å². The molecule has 3 aromatic rings. The Hall–Kier alpha value is -3.32. The summed E-state index contributed by atoms with van der Waals surface area (Å²) in [5.74, 6) is -0.412. The molecule has 7 heteroatoms. The highest BCUT2D eigenvalue weighted by molar-refractivity contribution is 7.13. The van der Waals surface area contributed by atoms with Gasteiger partial charge < -0.3 is 5.32 Å². The second-order valence-corrected chi connectivity index (χ2v) is 8.16. The Bertz CT molecular complexity index is 1070. The molecule has 152 valence electrons. The van der Waals surface area contributed by atoms with Crippen LogP contribution in [0.25, 0.3) is 10.6 Å². The smallest absolute Gasteiger partial charge is 0.230 e. The van der Waals surface area contributed by atoms with Crippen molar-refractivity contribution < 1.29 is 14.4 Å². The highest BCUT2D eigenvalue weighted by Crippen LogP contribution is 2.24. The van der Waals surface area contributed by atoms with Gasteiger partial charge in [0.1, 0.15) is 5.01 Å². The summed E-state index contributed by atoms with van der Waals surface area (Å²) in [6.45, 7) is 2.31. The molecule has 2 aromatic carbocycles. The molecule has 0 unspecified atom stereocenters. The number of anilines is 1. The van der Waals surface area contributed by atoms with Crippen LogP contribution < -0.4 is 5.32 Å². The molecule has 1 fully saturated rings. The summed E-state index contributed by atoms with van der Waals surface area (Å²) in [5, 5.41) is 5.66. The number of amides is 3. The number of hydrogen-bond acceptors (Lipinski definition) is 5. The number of thiazole rings is 1. The van der Waals surface area contributed by atoms with Crippen molar-refractivity contribution in [1.29, 1.82) is 0 Å². The zero-order valence-corrected chi connectivity index (χ0v) is 17.4. The van der Waals surface area contributed by atoms with Crippen molar-refractivity contribution in [3.8, 4) is 10.6 Å². The van der Waals surface area contributed by atoms with Gasteiger partial charge in [-0.2, -0.15) is 0 Å². The summed E-state index contributed by atoms with van der Waals surface area (Å²) >= 11 is 1.52. The molecule has 3 amide bonds. The van der Waals surface area contributed by atoms with Crippen LogP contribution in [-0.2, 0) is 27.3 Å². The predicted octanol–water partition coefficient (Wildman–Crippen LogP) is 3.95. The van der Waals surface area contributed by atoms with Gasteiger partial charge in [0.25, 0.3) is 0 Å². The minimum atomic E-state index is -0.145. The van der Waals surface area contributed by atoms with E-state index in [1.165, 1.54) is 21.8 Å². The number of carbonyl (C=O) groups excluding carboxylic acids is 3. The lowest BCUT2D eigenvalue weighted by molar-refractivity contribution is -0.139. The lowest BCUT2D eigenvalue weighted by atomic mass is 10.1. The molecule has 2 heterocycles. The van der Waals surface area contributed by atoms with Crippen LogP contribution in [0.3, 0.4) is 0 Å². The first-order chi connectivity index (χ1) is 14.5. The van der Waals surface area contributed by atoms with Crippen LogP contribution in [0, 0.1) is 6.92 Å². The van der Waals surface area contributed by atoms with Crippen LogP contribution in [0.5, 0.6) is 0 Å². The maximum atomic E-state index is 12.4. The maximum Gasteiger partial charge on any atom is 0.230 e. The average Bonchev–Trinajstić information content (AvgIpc) is 3.31. The summed E-state index contributed by atoms with van der Waals surface area (Å²) in [7, 11) is 0. The third kappa shape index (κ3) is 4.63. The molecule has 0 saturated carbocycles. The molecule has 1 aliphatic rings. The normalized spacial score (nSPS) is 13.7. The molecule has 6 nitrogen and oxygen atoms in total. The van der Waals surface area contributed by atoms with Crippen LogP contribution in [0.15, 0.2) is 53.9 Å². The van der Waals surface area contributed by atoms with E-state index < -0.39 is 0 Å². The van der Waals surface area contributed by atoms with Crippen LogP contribution in [0.4, 0.5) is 5.69 Å². The fourth-order valence-corrected chi connectivity index (χ4v) is 4.09. The van der Waals surface area contributed by atoms with E-state index in [1.54, 1.807) is 12.1 Å². The van der Waals surface area contributed by atoms with E-state index in [1.807, 2.05) is 48.7 Å². The minimum absolute atomic E-state index is 0.134. The zero-order chi connectivity index (χ0) is 21.1. The molecule has 0 atom stereocenters. The van der Waals surface area contributed by atoms with Crippen LogP contribution in [0.2, 0.25) is 0 Å². The molecule has 1 saturated heterocycles.